The quantitative estimate of drug-likeness (QED) is 0.669. The molecule has 0 aromatic heterocycles. The number of aryl methyl sites for hydroxylation is 2. The number of carbonyl (C=O) groups excluding carboxylic acids is 2. The first kappa shape index (κ1) is 17.1. The number of esters is 1. The lowest BCUT2D eigenvalue weighted by atomic mass is 10.1. The van der Waals surface area contributed by atoms with Gasteiger partial charge in [0.25, 0.3) is 5.91 Å². The molecule has 0 fully saturated rings. The van der Waals surface area contributed by atoms with E-state index in [0.29, 0.717) is 11.3 Å². The molecule has 0 bridgehead atoms. The molecule has 2 rings (SSSR count). The van der Waals surface area contributed by atoms with Crippen LogP contribution >= 0.6 is 11.8 Å². The molecule has 120 valence electrons. The van der Waals surface area contributed by atoms with Gasteiger partial charge in [0.1, 0.15) is 0 Å². The SMILES string of the molecule is CSc1ccccc1NC(=O)COC(=O)c1cc(C)cc(C)c1. The molecule has 5 heteroatoms. The molecule has 4 nitrogen and oxygen atoms in total. The van der Waals surface area contributed by atoms with Gasteiger partial charge in [-0.15, -0.1) is 11.8 Å². The van der Waals surface area contributed by atoms with Crippen LogP contribution in [0.25, 0.3) is 0 Å². The summed E-state index contributed by atoms with van der Waals surface area (Å²) in [4.78, 5) is 24.9. The summed E-state index contributed by atoms with van der Waals surface area (Å²) in [6, 6.07) is 12.9. The normalized spacial score (nSPS) is 10.2. The van der Waals surface area contributed by atoms with Crippen LogP contribution in [0.2, 0.25) is 0 Å². The Morgan fingerprint density at radius 2 is 1.74 bits per heavy atom. The lowest BCUT2D eigenvalue weighted by molar-refractivity contribution is -0.119. The molecule has 0 aliphatic heterocycles. The van der Waals surface area contributed by atoms with Gasteiger partial charge < -0.3 is 10.1 Å². The highest BCUT2D eigenvalue weighted by atomic mass is 32.2. The van der Waals surface area contributed by atoms with E-state index in [1.165, 1.54) is 11.8 Å². The van der Waals surface area contributed by atoms with Crippen molar-refractivity contribution in [2.75, 3.05) is 18.2 Å². The molecule has 0 aliphatic rings. The zero-order valence-corrected chi connectivity index (χ0v) is 14.2. The van der Waals surface area contributed by atoms with Crippen molar-refractivity contribution >= 4 is 29.3 Å². The number of thioether (sulfide) groups is 1. The lowest BCUT2D eigenvalue weighted by Gasteiger charge is -2.10. The van der Waals surface area contributed by atoms with Crippen molar-refractivity contribution in [2.45, 2.75) is 18.7 Å². The van der Waals surface area contributed by atoms with E-state index >= 15 is 0 Å². The van der Waals surface area contributed by atoms with Crippen LogP contribution in [-0.2, 0) is 9.53 Å². The Labute approximate surface area is 140 Å². The summed E-state index contributed by atoms with van der Waals surface area (Å²) in [5.41, 5.74) is 3.14. The van der Waals surface area contributed by atoms with Crippen LogP contribution in [0.3, 0.4) is 0 Å². The molecule has 0 aliphatic carbocycles. The van der Waals surface area contributed by atoms with Crippen LogP contribution in [0.1, 0.15) is 21.5 Å². The van der Waals surface area contributed by atoms with Crippen LogP contribution in [0, 0.1) is 13.8 Å². The van der Waals surface area contributed by atoms with E-state index in [4.69, 9.17) is 4.74 Å². The maximum absolute atomic E-state index is 12.0. The van der Waals surface area contributed by atoms with Gasteiger partial charge in [0, 0.05) is 4.90 Å². The van der Waals surface area contributed by atoms with Crippen molar-refractivity contribution in [3.63, 3.8) is 0 Å². The fraction of sp³-hybridized carbons (Fsp3) is 0.222. The van der Waals surface area contributed by atoms with Gasteiger partial charge in [0.05, 0.1) is 11.3 Å². The van der Waals surface area contributed by atoms with Crippen molar-refractivity contribution in [3.05, 3.63) is 59.2 Å². The Hall–Kier alpha value is -2.27. The van der Waals surface area contributed by atoms with E-state index in [-0.39, 0.29) is 12.5 Å². The van der Waals surface area contributed by atoms with Crippen molar-refractivity contribution in [2.24, 2.45) is 0 Å². The number of para-hydroxylation sites is 1. The number of carbonyl (C=O) groups is 2. The lowest BCUT2D eigenvalue weighted by Crippen LogP contribution is -2.21. The molecule has 23 heavy (non-hydrogen) atoms. The van der Waals surface area contributed by atoms with Crippen molar-refractivity contribution in [3.8, 4) is 0 Å². The van der Waals surface area contributed by atoms with Gasteiger partial charge in [-0.1, -0.05) is 29.3 Å². The van der Waals surface area contributed by atoms with Crippen molar-refractivity contribution < 1.29 is 14.3 Å². The second-order valence-electron chi connectivity index (χ2n) is 5.20. The topological polar surface area (TPSA) is 55.4 Å². The third-order valence-electron chi connectivity index (χ3n) is 3.17. The first-order valence-corrected chi connectivity index (χ1v) is 8.40. The molecule has 0 atom stereocenters. The Morgan fingerprint density at radius 1 is 1.09 bits per heavy atom. The summed E-state index contributed by atoms with van der Waals surface area (Å²) in [5, 5.41) is 2.75. The number of hydrogen-bond acceptors (Lipinski definition) is 4. The third kappa shape index (κ3) is 4.86. The third-order valence-corrected chi connectivity index (χ3v) is 3.97. The van der Waals surface area contributed by atoms with Crippen molar-refractivity contribution in [1.29, 1.82) is 0 Å². The zero-order chi connectivity index (χ0) is 16.8. The first-order valence-electron chi connectivity index (χ1n) is 7.18. The van der Waals surface area contributed by atoms with Crippen LogP contribution < -0.4 is 5.32 Å². The highest BCUT2D eigenvalue weighted by Gasteiger charge is 2.12. The maximum atomic E-state index is 12.0. The molecule has 0 spiro atoms. The van der Waals surface area contributed by atoms with Gasteiger partial charge in [-0.05, 0) is 44.4 Å². The Kier molecular flexibility index (Phi) is 5.82. The highest BCUT2D eigenvalue weighted by Crippen LogP contribution is 2.24. The summed E-state index contributed by atoms with van der Waals surface area (Å²) in [5.74, 6) is -0.852. The molecule has 2 aromatic rings. The summed E-state index contributed by atoms with van der Waals surface area (Å²) in [6.07, 6.45) is 1.94. The van der Waals surface area contributed by atoms with Gasteiger partial charge in [0.2, 0.25) is 0 Å². The smallest absolute Gasteiger partial charge is 0.338 e. The van der Waals surface area contributed by atoms with Crippen LogP contribution in [0.15, 0.2) is 47.4 Å². The molecule has 0 saturated heterocycles. The van der Waals surface area contributed by atoms with Crippen LogP contribution in [0.4, 0.5) is 5.69 Å². The van der Waals surface area contributed by atoms with E-state index in [2.05, 4.69) is 5.32 Å². The number of ether oxygens (including phenoxy) is 1. The minimum absolute atomic E-state index is 0.311. The number of anilines is 1. The zero-order valence-electron chi connectivity index (χ0n) is 13.4. The minimum atomic E-state index is -0.495. The van der Waals surface area contributed by atoms with E-state index in [9.17, 15) is 9.59 Å². The van der Waals surface area contributed by atoms with Gasteiger partial charge in [-0.25, -0.2) is 4.79 Å². The maximum Gasteiger partial charge on any atom is 0.338 e. The molecule has 2 aromatic carbocycles. The van der Waals surface area contributed by atoms with Crippen LogP contribution in [-0.4, -0.2) is 24.7 Å². The molecule has 1 N–H and O–H groups in total. The number of benzene rings is 2. The molecule has 0 heterocycles. The predicted octanol–water partition coefficient (Wildman–Crippen LogP) is 3.82. The van der Waals surface area contributed by atoms with E-state index in [1.807, 2.05) is 50.4 Å². The van der Waals surface area contributed by atoms with E-state index in [1.54, 1.807) is 12.1 Å². The Balaban J connectivity index is 1.95. The number of amides is 1. The fourth-order valence-corrected chi connectivity index (χ4v) is 2.79. The highest BCUT2D eigenvalue weighted by molar-refractivity contribution is 7.98. The molecule has 0 saturated carbocycles. The molecular formula is C18H19NO3S. The first-order chi connectivity index (χ1) is 11.0. The number of rotatable bonds is 5. The summed E-state index contributed by atoms with van der Waals surface area (Å²) in [7, 11) is 0. The minimum Gasteiger partial charge on any atom is -0.452 e. The molecule has 0 radical (unpaired) electrons. The van der Waals surface area contributed by atoms with Crippen molar-refractivity contribution in [1.82, 2.24) is 0 Å². The number of nitrogens with one attached hydrogen (secondary N) is 1. The van der Waals surface area contributed by atoms with Gasteiger partial charge in [-0.3, -0.25) is 4.79 Å². The second kappa shape index (κ2) is 7.83. The molecule has 0 unspecified atom stereocenters. The Morgan fingerprint density at radius 3 is 2.39 bits per heavy atom. The van der Waals surface area contributed by atoms with Crippen LogP contribution in [0.5, 0.6) is 0 Å². The standard InChI is InChI=1S/C18H19NO3S/c1-12-8-13(2)10-14(9-12)18(21)22-11-17(20)19-15-6-4-5-7-16(15)23-3/h4-10H,11H2,1-3H3,(H,19,20). The molecular weight excluding hydrogens is 310 g/mol. The summed E-state index contributed by atoms with van der Waals surface area (Å²) in [6.45, 7) is 3.51. The average Bonchev–Trinajstić information content (AvgIpc) is 2.52. The average molecular weight is 329 g/mol. The second-order valence-corrected chi connectivity index (χ2v) is 6.05. The number of hydrogen-bond donors (Lipinski definition) is 1. The molecule has 1 amide bonds. The summed E-state index contributed by atoms with van der Waals surface area (Å²) < 4.78 is 5.09. The Bertz CT molecular complexity index is 708. The van der Waals surface area contributed by atoms with E-state index < -0.39 is 5.97 Å². The van der Waals surface area contributed by atoms with Gasteiger partial charge in [0.15, 0.2) is 6.61 Å². The summed E-state index contributed by atoms with van der Waals surface area (Å²) >= 11 is 1.54. The van der Waals surface area contributed by atoms with Gasteiger partial charge >= 0.3 is 5.97 Å². The fourth-order valence-electron chi connectivity index (χ4n) is 2.24. The monoisotopic (exact) mass is 329 g/mol. The largest absolute Gasteiger partial charge is 0.452 e. The van der Waals surface area contributed by atoms with E-state index in [0.717, 1.165) is 16.0 Å². The predicted molar refractivity (Wildman–Crippen MR) is 93.1 cm³/mol. The van der Waals surface area contributed by atoms with Gasteiger partial charge in [-0.2, -0.15) is 0 Å².